The monoisotopic (exact) mass is 457 g/mol. The van der Waals surface area contributed by atoms with Crippen LogP contribution in [-0.2, 0) is 11.2 Å². The number of nitrogens with zero attached hydrogens (tertiary/aromatic N) is 5. The molecule has 5 rings (SSSR count). The standard InChI is InChI=1S/C24H20FN7O2/c1-14-4-3-5-18(10-14)31-22-19(13-26-31)23(34)29-24(28-22)32-20(11-15(2)30-32)27-21(33)12-16-6-8-17(25)9-7-16/h3-11,13H,12H2,1-2H3,(H,27,33)(H,28,29,34). The lowest BCUT2D eigenvalue weighted by molar-refractivity contribution is -0.115. The number of aromatic nitrogens is 6. The van der Waals surface area contributed by atoms with Crippen molar-refractivity contribution >= 4 is 22.8 Å². The highest BCUT2D eigenvalue weighted by Crippen LogP contribution is 2.19. The number of fused-ring (bicyclic) bond motifs is 1. The fourth-order valence-electron chi connectivity index (χ4n) is 3.68. The van der Waals surface area contributed by atoms with E-state index in [0.29, 0.717) is 28.1 Å². The van der Waals surface area contributed by atoms with Crippen LogP contribution >= 0.6 is 0 Å². The molecule has 3 heterocycles. The molecule has 0 saturated carbocycles. The van der Waals surface area contributed by atoms with Crippen molar-refractivity contribution in [3.05, 3.63) is 93.8 Å². The van der Waals surface area contributed by atoms with Gasteiger partial charge in [0.1, 0.15) is 17.0 Å². The van der Waals surface area contributed by atoms with Crippen LogP contribution in [0.3, 0.4) is 0 Å². The average molecular weight is 457 g/mol. The fraction of sp³-hybridized carbons (Fsp3) is 0.125. The zero-order valence-corrected chi connectivity index (χ0v) is 18.4. The minimum atomic E-state index is -0.379. The molecule has 0 bridgehead atoms. The van der Waals surface area contributed by atoms with Crippen LogP contribution in [0.1, 0.15) is 16.8 Å². The number of anilines is 1. The Morgan fingerprint density at radius 3 is 2.65 bits per heavy atom. The summed E-state index contributed by atoms with van der Waals surface area (Å²) in [6.07, 6.45) is 1.51. The Morgan fingerprint density at radius 2 is 1.88 bits per heavy atom. The van der Waals surface area contributed by atoms with Crippen molar-refractivity contribution in [1.82, 2.24) is 29.5 Å². The van der Waals surface area contributed by atoms with E-state index in [1.807, 2.05) is 31.2 Å². The van der Waals surface area contributed by atoms with Crippen molar-refractivity contribution in [3.63, 3.8) is 0 Å². The molecule has 9 nitrogen and oxygen atoms in total. The molecule has 0 spiro atoms. The van der Waals surface area contributed by atoms with Crippen LogP contribution < -0.4 is 10.9 Å². The molecular formula is C24H20FN7O2. The maximum atomic E-state index is 13.1. The fourth-order valence-corrected chi connectivity index (χ4v) is 3.68. The molecule has 2 aromatic carbocycles. The number of benzene rings is 2. The van der Waals surface area contributed by atoms with Crippen molar-refractivity contribution in [2.24, 2.45) is 0 Å². The molecule has 0 aliphatic carbocycles. The maximum absolute atomic E-state index is 13.1. The second kappa shape index (κ2) is 8.39. The third-order valence-corrected chi connectivity index (χ3v) is 5.25. The van der Waals surface area contributed by atoms with Gasteiger partial charge < -0.3 is 5.32 Å². The number of aromatic amines is 1. The van der Waals surface area contributed by atoms with Crippen molar-refractivity contribution in [2.45, 2.75) is 20.3 Å². The minimum Gasteiger partial charge on any atom is -0.310 e. The SMILES string of the molecule is Cc1cccc(-n2ncc3c(=O)[nH]c(-n4nc(C)cc4NC(=O)Cc4ccc(F)cc4)nc32)c1. The van der Waals surface area contributed by atoms with E-state index in [2.05, 4.69) is 25.5 Å². The summed E-state index contributed by atoms with van der Waals surface area (Å²) >= 11 is 0. The molecule has 0 unspecified atom stereocenters. The van der Waals surface area contributed by atoms with Crippen molar-refractivity contribution in [1.29, 1.82) is 0 Å². The Labute approximate surface area is 192 Å². The number of hydrogen-bond donors (Lipinski definition) is 2. The lowest BCUT2D eigenvalue weighted by atomic mass is 10.1. The largest absolute Gasteiger partial charge is 0.310 e. The zero-order chi connectivity index (χ0) is 23.8. The summed E-state index contributed by atoms with van der Waals surface area (Å²) in [5.41, 5.74) is 3.07. The van der Waals surface area contributed by atoms with E-state index in [1.54, 1.807) is 29.8 Å². The summed E-state index contributed by atoms with van der Waals surface area (Å²) in [5, 5.41) is 11.9. The first-order valence-corrected chi connectivity index (χ1v) is 10.5. The van der Waals surface area contributed by atoms with Crippen molar-refractivity contribution in [2.75, 3.05) is 5.32 Å². The zero-order valence-electron chi connectivity index (χ0n) is 18.4. The van der Waals surface area contributed by atoms with Crippen LogP contribution in [0.15, 0.2) is 65.6 Å². The van der Waals surface area contributed by atoms with Crippen LogP contribution in [-0.4, -0.2) is 35.4 Å². The number of carbonyl (C=O) groups excluding carboxylic acids is 1. The maximum Gasteiger partial charge on any atom is 0.263 e. The van der Waals surface area contributed by atoms with Crippen LogP contribution in [0.4, 0.5) is 10.2 Å². The third-order valence-electron chi connectivity index (χ3n) is 5.25. The van der Waals surface area contributed by atoms with E-state index in [0.717, 1.165) is 11.3 Å². The highest BCUT2D eigenvalue weighted by atomic mass is 19.1. The van der Waals surface area contributed by atoms with Gasteiger partial charge in [-0.3, -0.25) is 14.6 Å². The molecule has 170 valence electrons. The molecule has 5 aromatic rings. The van der Waals surface area contributed by atoms with E-state index < -0.39 is 0 Å². The van der Waals surface area contributed by atoms with Crippen LogP contribution in [0.2, 0.25) is 0 Å². The van der Waals surface area contributed by atoms with Crippen LogP contribution in [0.5, 0.6) is 0 Å². The van der Waals surface area contributed by atoms with Gasteiger partial charge in [-0.15, -0.1) is 0 Å². The van der Waals surface area contributed by atoms with Crippen LogP contribution in [0.25, 0.3) is 22.7 Å². The van der Waals surface area contributed by atoms with Gasteiger partial charge in [-0.25, -0.2) is 9.07 Å². The Hall–Kier alpha value is -4.60. The molecule has 1 amide bonds. The summed E-state index contributed by atoms with van der Waals surface area (Å²) in [4.78, 5) is 32.7. The summed E-state index contributed by atoms with van der Waals surface area (Å²) in [6, 6.07) is 15.1. The summed E-state index contributed by atoms with van der Waals surface area (Å²) in [6.45, 7) is 3.73. The quantitative estimate of drug-likeness (QED) is 0.421. The Bertz CT molecular complexity index is 1580. The molecule has 3 aromatic heterocycles. The summed E-state index contributed by atoms with van der Waals surface area (Å²) in [7, 11) is 0. The molecular weight excluding hydrogens is 437 g/mol. The van der Waals surface area contributed by atoms with E-state index in [1.165, 1.54) is 23.0 Å². The second-order valence-corrected chi connectivity index (χ2v) is 7.96. The first-order valence-electron chi connectivity index (χ1n) is 10.5. The number of amides is 1. The van der Waals surface area contributed by atoms with E-state index in [4.69, 9.17) is 0 Å². The number of nitrogens with one attached hydrogen (secondary N) is 2. The Kier molecular flexibility index (Phi) is 5.25. The number of H-pyrrole nitrogens is 1. The van der Waals surface area contributed by atoms with Gasteiger partial charge >= 0.3 is 0 Å². The van der Waals surface area contributed by atoms with Crippen LogP contribution in [0, 0.1) is 19.7 Å². The lowest BCUT2D eigenvalue weighted by Gasteiger charge is -2.09. The third kappa shape index (κ3) is 4.08. The first kappa shape index (κ1) is 21.3. The normalized spacial score (nSPS) is 11.1. The molecule has 0 saturated heterocycles. The highest BCUT2D eigenvalue weighted by molar-refractivity contribution is 5.91. The van der Waals surface area contributed by atoms with E-state index >= 15 is 0 Å². The van der Waals surface area contributed by atoms with Gasteiger partial charge in [0.25, 0.3) is 5.56 Å². The Balaban J connectivity index is 1.52. The predicted molar refractivity (Wildman–Crippen MR) is 125 cm³/mol. The van der Waals surface area contributed by atoms with Gasteiger partial charge in [0.2, 0.25) is 11.9 Å². The highest BCUT2D eigenvalue weighted by Gasteiger charge is 2.17. The molecule has 2 N–H and O–H groups in total. The van der Waals surface area contributed by atoms with Crippen molar-refractivity contribution < 1.29 is 9.18 Å². The number of halogens is 1. The Morgan fingerprint density at radius 1 is 1.09 bits per heavy atom. The van der Waals surface area contributed by atoms with Gasteiger partial charge in [-0.05, 0) is 49.2 Å². The first-order chi connectivity index (χ1) is 16.4. The molecule has 0 atom stereocenters. The number of aryl methyl sites for hydroxylation is 2. The van der Waals surface area contributed by atoms with Gasteiger partial charge in [0, 0.05) is 6.07 Å². The predicted octanol–water partition coefficient (Wildman–Crippen LogP) is 3.23. The topological polar surface area (TPSA) is 110 Å². The van der Waals surface area contributed by atoms with Gasteiger partial charge in [0.05, 0.1) is 24.0 Å². The molecule has 10 heteroatoms. The molecule has 34 heavy (non-hydrogen) atoms. The van der Waals surface area contributed by atoms with E-state index in [-0.39, 0.29) is 29.7 Å². The second-order valence-electron chi connectivity index (χ2n) is 7.96. The van der Waals surface area contributed by atoms with Gasteiger partial charge in [-0.2, -0.15) is 19.9 Å². The minimum absolute atomic E-state index is 0.0492. The molecule has 0 aliphatic heterocycles. The number of rotatable bonds is 5. The molecule has 0 aliphatic rings. The molecule has 0 fully saturated rings. The summed E-state index contributed by atoms with van der Waals surface area (Å²) < 4.78 is 16.1. The van der Waals surface area contributed by atoms with E-state index in [9.17, 15) is 14.0 Å². The molecule has 0 radical (unpaired) electrons. The number of carbonyl (C=O) groups is 1. The summed E-state index contributed by atoms with van der Waals surface area (Å²) in [5.74, 6) is -0.208. The van der Waals surface area contributed by atoms with Gasteiger partial charge in [-0.1, -0.05) is 24.3 Å². The lowest BCUT2D eigenvalue weighted by Crippen LogP contribution is -2.20. The number of hydrogen-bond acceptors (Lipinski definition) is 5. The average Bonchev–Trinajstić information content (AvgIpc) is 3.39. The smallest absolute Gasteiger partial charge is 0.263 e. The van der Waals surface area contributed by atoms with Crippen molar-refractivity contribution in [3.8, 4) is 11.6 Å². The van der Waals surface area contributed by atoms with Gasteiger partial charge in [0.15, 0.2) is 5.65 Å².